The number of hydrogen-bond donors (Lipinski definition) is 2. The van der Waals surface area contributed by atoms with E-state index in [0.717, 1.165) is 44.2 Å². The molecule has 150 valence electrons. The van der Waals surface area contributed by atoms with E-state index in [1.165, 1.54) is 6.42 Å². The Kier molecular flexibility index (Phi) is 8.69. The first-order valence-electron chi connectivity index (χ1n) is 9.58. The van der Waals surface area contributed by atoms with Crippen LogP contribution in [0.3, 0.4) is 0 Å². The number of hydrogen-bond acceptors (Lipinski definition) is 4. The van der Waals surface area contributed by atoms with Crippen LogP contribution in [0.2, 0.25) is 0 Å². The number of phenols is 1. The highest BCUT2D eigenvalue weighted by atomic mass is 127. The van der Waals surface area contributed by atoms with Crippen molar-refractivity contribution < 1.29 is 9.84 Å². The number of benzene rings is 1. The third-order valence-corrected chi connectivity index (χ3v) is 4.90. The fourth-order valence-electron chi connectivity index (χ4n) is 3.54. The van der Waals surface area contributed by atoms with E-state index in [9.17, 15) is 5.11 Å². The molecule has 3 rings (SSSR count). The maximum absolute atomic E-state index is 9.84. The molecular formula is C20H31IN4O2. The van der Waals surface area contributed by atoms with Gasteiger partial charge in [-0.3, -0.25) is 4.90 Å². The van der Waals surface area contributed by atoms with E-state index < -0.39 is 0 Å². The van der Waals surface area contributed by atoms with Crippen molar-refractivity contribution in [3.8, 4) is 11.5 Å². The predicted octanol–water partition coefficient (Wildman–Crippen LogP) is 2.82. The Morgan fingerprint density at radius 3 is 2.78 bits per heavy atom. The number of aliphatic imine (C=N–C) groups is 1. The predicted molar refractivity (Wildman–Crippen MR) is 120 cm³/mol. The van der Waals surface area contributed by atoms with Crippen LogP contribution < -0.4 is 10.1 Å². The van der Waals surface area contributed by atoms with Gasteiger partial charge in [-0.25, -0.2) is 4.99 Å². The zero-order valence-electron chi connectivity index (χ0n) is 16.2. The molecule has 0 amide bonds. The summed E-state index contributed by atoms with van der Waals surface area (Å²) in [6, 6.07) is 6.05. The Labute approximate surface area is 179 Å². The summed E-state index contributed by atoms with van der Waals surface area (Å²) in [6.07, 6.45) is 5.69. The highest BCUT2D eigenvalue weighted by Crippen LogP contribution is 2.27. The monoisotopic (exact) mass is 486 g/mol. The molecule has 1 aromatic carbocycles. The van der Waals surface area contributed by atoms with Gasteiger partial charge in [0.2, 0.25) is 0 Å². The van der Waals surface area contributed by atoms with Gasteiger partial charge in [0, 0.05) is 38.8 Å². The molecule has 1 atom stereocenters. The molecule has 0 saturated carbocycles. The molecule has 0 spiro atoms. The van der Waals surface area contributed by atoms with Gasteiger partial charge in [-0.15, -0.1) is 24.0 Å². The standard InChI is InChI=1S/C20H30N4O2.HI/c1-3-21-20(24-12-9-17(15-24)23-10-5-6-11-23)22-14-16-7-8-18(25)19(13-16)26-4-2;/h5-8,13,17,25H,3-4,9-12,14-15H2,1-2H3,(H,21,22);1H. The molecular weight excluding hydrogens is 455 g/mol. The third kappa shape index (κ3) is 5.75. The molecule has 2 heterocycles. The summed E-state index contributed by atoms with van der Waals surface area (Å²) in [5, 5.41) is 13.3. The molecule has 2 N–H and O–H groups in total. The van der Waals surface area contributed by atoms with Crippen molar-refractivity contribution >= 4 is 29.9 Å². The summed E-state index contributed by atoms with van der Waals surface area (Å²) in [4.78, 5) is 9.70. The van der Waals surface area contributed by atoms with Gasteiger partial charge >= 0.3 is 0 Å². The molecule has 0 aromatic heterocycles. The van der Waals surface area contributed by atoms with E-state index >= 15 is 0 Å². The lowest BCUT2D eigenvalue weighted by Gasteiger charge is -2.25. The van der Waals surface area contributed by atoms with Gasteiger partial charge in [-0.05, 0) is 38.0 Å². The van der Waals surface area contributed by atoms with Crippen molar-refractivity contribution in [3.05, 3.63) is 35.9 Å². The third-order valence-electron chi connectivity index (χ3n) is 4.90. The number of rotatable bonds is 6. The van der Waals surface area contributed by atoms with Crippen LogP contribution in [-0.2, 0) is 6.54 Å². The molecule has 0 aliphatic carbocycles. The van der Waals surface area contributed by atoms with Crippen molar-refractivity contribution in [2.24, 2.45) is 4.99 Å². The number of aromatic hydroxyl groups is 1. The van der Waals surface area contributed by atoms with Crippen molar-refractivity contribution in [1.82, 2.24) is 15.1 Å². The zero-order valence-corrected chi connectivity index (χ0v) is 18.6. The van der Waals surface area contributed by atoms with E-state index in [4.69, 9.17) is 9.73 Å². The molecule has 1 saturated heterocycles. The molecule has 0 radical (unpaired) electrons. The Balaban J connectivity index is 0.00000261. The smallest absolute Gasteiger partial charge is 0.194 e. The van der Waals surface area contributed by atoms with Crippen LogP contribution in [-0.4, -0.2) is 66.2 Å². The Bertz CT molecular complexity index is 657. The van der Waals surface area contributed by atoms with E-state index in [2.05, 4.69) is 34.2 Å². The first-order valence-corrected chi connectivity index (χ1v) is 9.58. The molecule has 0 bridgehead atoms. The molecule has 1 aromatic rings. The van der Waals surface area contributed by atoms with Crippen LogP contribution in [0.1, 0.15) is 25.8 Å². The normalized spacial score (nSPS) is 20.0. The lowest BCUT2D eigenvalue weighted by Crippen LogP contribution is -2.42. The van der Waals surface area contributed by atoms with Gasteiger partial charge in [0.1, 0.15) is 0 Å². The number of likely N-dealkylation sites (tertiary alicyclic amines) is 1. The Morgan fingerprint density at radius 1 is 1.30 bits per heavy atom. The average molecular weight is 486 g/mol. The summed E-state index contributed by atoms with van der Waals surface area (Å²) in [7, 11) is 0. The molecule has 7 heteroatoms. The van der Waals surface area contributed by atoms with Crippen LogP contribution in [0.4, 0.5) is 0 Å². The van der Waals surface area contributed by atoms with Crippen molar-refractivity contribution in [3.63, 3.8) is 0 Å². The maximum atomic E-state index is 9.84. The number of nitrogens with one attached hydrogen (secondary N) is 1. The highest BCUT2D eigenvalue weighted by Gasteiger charge is 2.29. The Morgan fingerprint density at radius 2 is 2.07 bits per heavy atom. The highest BCUT2D eigenvalue weighted by molar-refractivity contribution is 14.0. The zero-order chi connectivity index (χ0) is 18.4. The van der Waals surface area contributed by atoms with Crippen LogP contribution in [0.25, 0.3) is 0 Å². The molecule has 1 fully saturated rings. The number of nitrogens with zero attached hydrogens (tertiary/aromatic N) is 3. The summed E-state index contributed by atoms with van der Waals surface area (Å²) in [5.41, 5.74) is 1.03. The number of phenolic OH excluding ortho intramolecular Hbond substituents is 1. The van der Waals surface area contributed by atoms with Crippen LogP contribution in [0, 0.1) is 0 Å². The second kappa shape index (κ2) is 10.8. The summed E-state index contributed by atoms with van der Waals surface area (Å²) >= 11 is 0. The largest absolute Gasteiger partial charge is 0.504 e. The molecule has 27 heavy (non-hydrogen) atoms. The van der Waals surface area contributed by atoms with Crippen LogP contribution in [0.5, 0.6) is 11.5 Å². The number of guanidine groups is 1. The minimum atomic E-state index is 0. The van der Waals surface area contributed by atoms with Crippen molar-refractivity contribution in [1.29, 1.82) is 0 Å². The maximum Gasteiger partial charge on any atom is 0.194 e. The van der Waals surface area contributed by atoms with E-state index in [1.54, 1.807) is 6.07 Å². The fraction of sp³-hybridized carbons (Fsp3) is 0.550. The molecule has 6 nitrogen and oxygen atoms in total. The summed E-state index contributed by atoms with van der Waals surface area (Å²) < 4.78 is 5.47. The molecule has 1 unspecified atom stereocenters. The quantitative estimate of drug-likeness (QED) is 0.280. The second-order valence-corrected chi connectivity index (χ2v) is 6.72. The molecule has 2 aliphatic rings. The van der Waals surface area contributed by atoms with Gasteiger partial charge in [0.05, 0.1) is 13.2 Å². The van der Waals surface area contributed by atoms with Crippen molar-refractivity contribution in [2.45, 2.75) is 32.9 Å². The fourth-order valence-corrected chi connectivity index (χ4v) is 3.54. The number of ether oxygens (including phenoxy) is 1. The van der Waals surface area contributed by atoms with Crippen LogP contribution in [0.15, 0.2) is 35.3 Å². The van der Waals surface area contributed by atoms with Gasteiger partial charge in [-0.2, -0.15) is 0 Å². The minimum Gasteiger partial charge on any atom is -0.504 e. The first-order chi connectivity index (χ1) is 12.7. The van der Waals surface area contributed by atoms with Crippen molar-refractivity contribution in [2.75, 3.05) is 39.3 Å². The van der Waals surface area contributed by atoms with Gasteiger partial charge in [0.15, 0.2) is 17.5 Å². The SMILES string of the molecule is CCNC(=NCc1ccc(O)c(OCC)c1)N1CCC(N2CC=CC2)C1.I. The van der Waals surface area contributed by atoms with Gasteiger partial charge in [0.25, 0.3) is 0 Å². The van der Waals surface area contributed by atoms with E-state index in [0.29, 0.717) is 24.9 Å². The molecule has 2 aliphatic heterocycles. The topological polar surface area (TPSA) is 60.3 Å². The first kappa shape index (κ1) is 21.8. The van der Waals surface area contributed by atoms with Gasteiger partial charge in [-0.1, -0.05) is 18.2 Å². The summed E-state index contributed by atoms with van der Waals surface area (Å²) in [6.45, 7) is 10.2. The lowest BCUT2D eigenvalue weighted by atomic mass is 10.2. The Hall–Kier alpha value is -1.48. The van der Waals surface area contributed by atoms with E-state index in [1.807, 2.05) is 19.1 Å². The average Bonchev–Trinajstić information content (AvgIpc) is 3.32. The second-order valence-electron chi connectivity index (χ2n) is 6.72. The van der Waals surface area contributed by atoms with Crippen LogP contribution >= 0.6 is 24.0 Å². The lowest BCUT2D eigenvalue weighted by molar-refractivity contribution is 0.259. The summed E-state index contributed by atoms with van der Waals surface area (Å²) in [5.74, 6) is 1.66. The number of halogens is 1. The van der Waals surface area contributed by atoms with E-state index in [-0.39, 0.29) is 29.7 Å². The van der Waals surface area contributed by atoms with Gasteiger partial charge < -0.3 is 20.1 Å². The minimum absolute atomic E-state index is 0.